The van der Waals surface area contributed by atoms with Gasteiger partial charge in [-0.2, -0.15) is 0 Å². The maximum Gasteiger partial charge on any atom is 0.273 e. The van der Waals surface area contributed by atoms with Crippen molar-refractivity contribution in [3.8, 4) is 0 Å². The topological polar surface area (TPSA) is 58.4 Å². The van der Waals surface area contributed by atoms with E-state index in [1.54, 1.807) is 12.1 Å². The van der Waals surface area contributed by atoms with Crippen molar-refractivity contribution in [2.24, 2.45) is 0 Å². The minimum Gasteiger partial charge on any atom is -0.447 e. The summed E-state index contributed by atoms with van der Waals surface area (Å²) in [6.07, 6.45) is 3.75. The molecule has 1 heterocycles. The second kappa shape index (κ2) is 9.25. The number of carbonyl (C=O) groups excluding carboxylic acids is 1. The average molecular weight is 436 g/mol. The summed E-state index contributed by atoms with van der Waals surface area (Å²) < 4.78 is 18.6. The number of aromatic nitrogens is 1. The van der Waals surface area contributed by atoms with Crippen molar-refractivity contribution in [2.75, 3.05) is 0 Å². The molecule has 1 aliphatic rings. The van der Waals surface area contributed by atoms with Crippen LogP contribution in [0.5, 0.6) is 0 Å². The summed E-state index contributed by atoms with van der Waals surface area (Å²) in [5, 5.41) is 2.80. The van der Waals surface area contributed by atoms with Crippen LogP contribution < -0.4 is 5.32 Å². The van der Waals surface area contributed by atoms with Gasteiger partial charge < -0.3 is 9.73 Å². The second-order valence-corrected chi connectivity index (χ2v) is 9.52. The van der Waals surface area contributed by atoms with Crippen LogP contribution in [0.3, 0.4) is 0 Å². The number of nitrogens with one attached hydrogen (secondary N) is 1. The third kappa shape index (κ3) is 5.82. The van der Waals surface area contributed by atoms with Gasteiger partial charge in [0.2, 0.25) is 5.89 Å². The molecule has 0 unspecified atom stereocenters. The van der Waals surface area contributed by atoms with Crippen molar-refractivity contribution in [1.29, 1.82) is 0 Å². The number of nitrogens with zero attached hydrogens (tertiary/aromatic N) is 2. The lowest BCUT2D eigenvalue weighted by Crippen LogP contribution is -2.26. The fraction of sp³-hybridized carbons (Fsp3) is 0.385. The van der Waals surface area contributed by atoms with Crippen LogP contribution in [0.15, 0.2) is 59.2 Å². The Hall–Kier alpha value is -2.99. The minimum absolute atomic E-state index is 0.139. The summed E-state index contributed by atoms with van der Waals surface area (Å²) in [6, 6.07) is 15.4. The highest BCUT2D eigenvalue weighted by atomic mass is 19.1. The number of hydrogen-bond acceptors (Lipinski definition) is 4. The van der Waals surface area contributed by atoms with E-state index in [1.165, 1.54) is 42.4 Å². The van der Waals surface area contributed by atoms with E-state index in [0.29, 0.717) is 25.0 Å². The van der Waals surface area contributed by atoms with Crippen LogP contribution in [0.1, 0.15) is 66.7 Å². The Bertz CT molecular complexity index is 1050. The predicted molar refractivity (Wildman–Crippen MR) is 121 cm³/mol. The van der Waals surface area contributed by atoms with E-state index in [2.05, 4.69) is 60.2 Å². The molecule has 1 aromatic heterocycles. The quantitative estimate of drug-likeness (QED) is 0.528. The highest BCUT2D eigenvalue weighted by Crippen LogP contribution is 2.30. The van der Waals surface area contributed by atoms with Gasteiger partial charge in [0.05, 0.1) is 6.54 Å². The Balaban J connectivity index is 1.35. The molecule has 2 aromatic carbocycles. The lowest BCUT2D eigenvalue weighted by Gasteiger charge is -2.22. The van der Waals surface area contributed by atoms with E-state index in [1.807, 2.05) is 0 Å². The summed E-state index contributed by atoms with van der Waals surface area (Å²) in [6.45, 7) is 8.35. The molecule has 32 heavy (non-hydrogen) atoms. The Morgan fingerprint density at radius 2 is 1.72 bits per heavy atom. The minimum atomic E-state index is -0.305. The van der Waals surface area contributed by atoms with Gasteiger partial charge in [0, 0.05) is 19.1 Å². The molecule has 0 spiro atoms. The summed E-state index contributed by atoms with van der Waals surface area (Å²) in [5.74, 6) is -0.0678. The number of carbonyl (C=O) groups is 1. The molecule has 1 saturated carbocycles. The summed E-state index contributed by atoms with van der Waals surface area (Å²) in [4.78, 5) is 19.2. The molecule has 1 fully saturated rings. The molecule has 4 rings (SSSR count). The first kappa shape index (κ1) is 22.2. The molecule has 1 N–H and O–H groups in total. The van der Waals surface area contributed by atoms with Gasteiger partial charge in [-0.1, -0.05) is 57.2 Å². The summed E-state index contributed by atoms with van der Waals surface area (Å²) in [5.41, 5.74) is 3.80. The van der Waals surface area contributed by atoms with Gasteiger partial charge in [-0.05, 0) is 47.1 Å². The molecule has 3 aromatic rings. The van der Waals surface area contributed by atoms with Crippen LogP contribution in [0.2, 0.25) is 0 Å². The number of benzene rings is 2. The number of rotatable bonds is 8. The van der Waals surface area contributed by atoms with Crippen LogP contribution in [-0.2, 0) is 25.0 Å². The van der Waals surface area contributed by atoms with Crippen molar-refractivity contribution >= 4 is 5.91 Å². The lowest BCUT2D eigenvalue weighted by atomic mass is 9.87. The smallest absolute Gasteiger partial charge is 0.273 e. The Labute approximate surface area is 188 Å². The van der Waals surface area contributed by atoms with Crippen molar-refractivity contribution in [3.63, 3.8) is 0 Å². The third-order valence-electron chi connectivity index (χ3n) is 5.76. The molecule has 0 atom stereocenters. The number of amides is 1. The monoisotopic (exact) mass is 435 g/mol. The second-order valence-electron chi connectivity index (χ2n) is 9.52. The summed E-state index contributed by atoms with van der Waals surface area (Å²) in [7, 11) is 0. The molecule has 0 radical (unpaired) electrons. The predicted octanol–water partition coefficient (Wildman–Crippen LogP) is 5.21. The van der Waals surface area contributed by atoms with Gasteiger partial charge in [-0.3, -0.25) is 9.69 Å². The normalized spacial score (nSPS) is 14.0. The van der Waals surface area contributed by atoms with Gasteiger partial charge >= 0.3 is 0 Å². The Morgan fingerprint density at radius 1 is 1.06 bits per heavy atom. The maximum absolute atomic E-state index is 13.0. The lowest BCUT2D eigenvalue weighted by molar-refractivity contribution is 0.0945. The van der Waals surface area contributed by atoms with Gasteiger partial charge in [-0.25, -0.2) is 9.37 Å². The van der Waals surface area contributed by atoms with E-state index in [0.717, 1.165) is 12.1 Å². The molecule has 1 aliphatic carbocycles. The van der Waals surface area contributed by atoms with Gasteiger partial charge in [-0.15, -0.1) is 0 Å². The molecule has 1 amide bonds. The first-order valence-corrected chi connectivity index (χ1v) is 11.1. The highest BCUT2D eigenvalue weighted by molar-refractivity contribution is 5.91. The zero-order valence-corrected chi connectivity index (χ0v) is 18.9. The molecule has 5 nitrogen and oxygen atoms in total. The maximum atomic E-state index is 13.0. The van der Waals surface area contributed by atoms with Crippen molar-refractivity contribution < 1.29 is 13.6 Å². The summed E-state index contributed by atoms with van der Waals surface area (Å²) >= 11 is 0. The van der Waals surface area contributed by atoms with Gasteiger partial charge in [0.25, 0.3) is 5.91 Å². The van der Waals surface area contributed by atoms with Crippen LogP contribution >= 0.6 is 0 Å². The van der Waals surface area contributed by atoms with E-state index in [4.69, 9.17) is 4.42 Å². The van der Waals surface area contributed by atoms with Crippen LogP contribution in [0.4, 0.5) is 4.39 Å². The Kier molecular flexibility index (Phi) is 6.42. The first-order valence-electron chi connectivity index (χ1n) is 11.1. The standard InChI is InChI=1S/C26H30FN3O2/c1-26(2,3)20-8-4-19(5-9-20)15-30(22-12-13-22)16-24-29-23(17-32-24)25(31)28-14-18-6-10-21(27)11-7-18/h4-11,17,22H,12-16H2,1-3H3,(H,28,31). The van der Waals surface area contributed by atoms with Crippen molar-refractivity contribution in [3.05, 3.63) is 88.9 Å². The fourth-order valence-corrected chi connectivity index (χ4v) is 3.64. The molecule has 168 valence electrons. The van der Waals surface area contributed by atoms with E-state index in [-0.39, 0.29) is 22.8 Å². The Morgan fingerprint density at radius 3 is 2.34 bits per heavy atom. The fourth-order valence-electron chi connectivity index (χ4n) is 3.64. The first-order chi connectivity index (χ1) is 15.3. The van der Waals surface area contributed by atoms with E-state index >= 15 is 0 Å². The molecular weight excluding hydrogens is 405 g/mol. The largest absolute Gasteiger partial charge is 0.447 e. The number of halogens is 1. The zero-order valence-electron chi connectivity index (χ0n) is 18.9. The average Bonchev–Trinajstić information content (AvgIpc) is 3.51. The molecule has 0 bridgehead atoms. The van der Waals surface area contributed by atoms with E-state index in [9.17, 15) is 9.18 Å². The van der Waals surface area contributed by atoms with Crippen molar-refractivity contribution in [1.82, 2.24) is 15.2 Å². The molecule has 6 heteroatoms. The van der Waals surface area contributed by atoms with Crippen LogP contribution in [-0.4, -0.2) is 21.8 Å². The van der Waals surface area contributed by atoms with E-state index < -0.39 is 0 Å². The molecule has 0 saturated heterocycles. The third-order valence-corrected chi connectivity index (χ3v) is 5.76. The van der Waals surface area contributed by atoms with Gasteiger partial charge in [0.15, 0.2) is 5.69 Å². The van der Waals surface area contributed by atoms with Gasteiger partial charge in [0.1, 0.15) is 12.1 Å². The SMILES string of the molecule is CC(C)(C)c1ccc(CN(Cc2nc(C(=O)NCc3ccc(F)cc3)co2)C2CC2)cc1. The van der Waals surface area contributed by atoms with Crippen LogP contribution in [0.25, 0.3) is 0 Å². The van der Waals surface area contributed by atoms with Crippen LogP contribution in [0, 0.1) is 5.82 Å². The highest BCUT2D eigenvalue weighted by Gasteiger charge is 2.30. The number of hydrogen-bond donors (Lipinski definition) is 1. The van der Waals surface area contributed by atoms with Crippen molar-refractivity contribution in [2.45, 2.75) is 64.7 Å². The molecule has 0 aliphatic heterocycles. The number of oxazole rings is 1. The zero-order chi connectivity index (χ0) is 22.7. The molecular formula is C26H30FN3O2.